The number of H-pyrrole nitrogens is 1. The number of carbonyl (C=O) groups excluding carboxylic acids is 2. The van der Waals surface area contributed by atoms with Gasteiger partial charge in [0.05, 0.1) is 33.4 Å². The van der Waals surface area contributed by atoms with Gasteiger partial charge in [0.15, 0.2) is 11.6 Å². The largest absolute Gasteiger partial charge is 0.460 e. The maximum atomic E-state index is 13.1. The number of esters is 2. The lowest BCUT2D eigenvalue weighted by molar-refractivity contribution is -0.142. The summed E-state index contributed by atoms with van der Waals surface area (Å²) >= 11 is 13.4. The molecule has 0 atom stereocenters. The molecule has 0 radical (unpaired) electrons. The maximum absolute atomic E-state index is 13.1. The summed E-state index contributed by atoms with van der Waals surface area (Å²) in [5.74, 6) is -0.490. The topological polar surface area (TPSA) is 125 Å². The molecule has 0 spiro atoms. The van der Waals surface area contributed by atoms with Crippen molar-refractivity contribution < 1.29 is 45.4 Å². The number of aryl methyl sites for hydroxylation is 2. The monoisotopic (exact) mass is 874 g/mol. The quantitative estimate of drug-likeness (QED) is 0.0843. The zero-order chi connectivity index (χ0) is 38.7. The number of aromatic amines is 1. The Hall–Kier alpha value is -3.97. The van der Waals surface area contributed by atoms with E-state index in [1.54, 1.807) is 17.9 Å². The van der Waals surface area contributed by atoms with E-state index in [9.17, 15) is 35.9 Å². The van der Waals surface area contributed by atoms with Crippen molar-refractivity contribution in [1.29, 1.82) is 0 Å². The molecule has 4 aromatic rings. The Morgan fingerprint density at radius 1 is 0.824 bits per heavy atom. The van der Waals surface area contributed by atoms with Gasteiger partial charge in [0.2, 0.25) is 0 Å². The first-order valence-corrected chi connectivity index (χ1v) is 16.5. The summed E-state index contributed by atoms with van der Waals surface area (Å²) < 4.78 is 89.8. The lowest BCUT2D eigenvalue weighted by Crippen LogP contribution is -2.08. The minimum absolute atomic E-state index is 0.0231. The Balaban J connectivity index is 0.000000298. The van der Waals surface area contributed by atoms with E-state index in [0.29, 0.717) is 11.1 Å². The molecule has 0 aliphatic heterocycles. The highest BCUT2D eigenvalue weighted by atomic mass is 127. The second-order valence-corrected chi connectivity index (χ2v) is 12.2. The number of alkyl halides is 6. The molecular formula is C32H31Cl2F6IN6O4. The molecule has 276 valence electrons. The fraction of sp³-hybridized carbons (Fsp3) is 0.312. The van der Waals surface area contributed by atoms with Gasteiger partial charge in [-0.05, 0) is 81.0 Å². The summed E-state index contributed by atoms with van der Waals surface area (Å²) in [7, 11) is 0. The first-order valence-electron chi connectivity index (χ1n) is 14.5. The molecule has 0 fully saturated rings. The number of benzene rings is 2. The standard InChI is InChI=1S/C16H15ClF3N3O2.C10H7ClF3N3.C6H9IO2/c1-9(2)25-13(24)4-5-23-8-21-15(22-23)11-6-10(3)14(17)12(7-11)16(18,19)20;1-5-2-6(9-15-4-16-17-9)3-7(8(5)11)10(12,13)14;1-5(2)9-6(8)3-4-7/h4-9H,1-3H3;2-4H,1H3,(H,15,16,17);3-5H,1-2H3/b5-4-;;4-3-. The first-order chi connectivity index (χ1) is 23.6. The van der Waals surface area contributed by atoms with E-state index in [2.05, 4.69) is 25.3 Å². The lowest BCUT2D eigenvalue weighted by atomic mass is 10.1. The molecular weight excluding hydrogens is 844 g/mol. The highest BCUT2D eigenvalue weighted by molar-refractivity contribution is 14.1. The van der Waals surface area contributed by atoms with Gasteiger partial charge in [-0.1, -0.05) is 45.8 Å². The Kier molecular flexibility index (Phi) is 16.1. The number of halogens is 9. The zero-order valence-corrected chi connectivity index (χ0v) is 31.4. The average Bonchev–Trinajstić information content (AvgIpc) is 3.71. The molecule has 2 aromatic heterocycles. The van der Waals surface area contributed by atoms with Crippen LogP contribution in [0.3, 0.4) is 0 Å². The van der Waals surface area contributed by atoms with Crippen LogP contribution in [0.2, 0.25) is 10.0 Å². The second-order valence-electron chi connectivity index (χ2n) is 10.8. The summed E-state index contributed by atoms with van der Waals surface area (Å²) in [6.45, 7) is 10.0. The van der Waals surface area contributed by atoms with E-state index in [1.807, 2.05) is 36.4 Å². The third-order valence-electron chi connectivity index (χ3n) is 5.84. The lowest BCUT2D eigenvalue weighted by Gasteiger charge is -2.12. The number of hydrogen-bond acceptors (Lipinski definition) is 8. The van der Waals surface area contributed by atoms with Gasteiger partial charge in [0.1, 0.15) is 12.7 Å². The van der Waals surface area contributed by atoms with Crippen molar-refractivity contribution >= 4 is 63.9 Å². The molecule has 1 N–H and O–H groups in total. The van der Waals surface area contributed by atoms with Crippen LogP contribution in [-0.2, 0) is 31.4 Å². The number of nitrogens with one attached hydrogen (secondary N) is 1. The van der Waals surface area contributed by atoms with Crippen LogP contribution in [0, 0.1) is 13.8 Å². The smallest absolute Gasteiger partial charge is 0.417 e. The summed E-state index contributed by atoms with van der Waals surface area (Å²) in [5, 5.41) is 9.48. The zero-order valence-electron chi connectivity index (χ0n) is 27.7. The summed E-state index contributed by atoms with van der Waals surface area (Å²) in [5.41, 5.74) is -0.739. The number of aromatic nitrogens is 6. The van der Waals surface area contributed by atoms with Gasteiger partial charge in [-0.25, -0.2) is 24.2 Å². The van der Waals surface area contributed by atoms with Gasteiger partial charge in [0, 0.05) is 29.5 Å². The highest BCUT2D eigenvalue weighted by Crippen LogP contribution is 2.39. The molecule has 2 heterocycles. The summed E-state index contributed by atoms with van der Waals surface area (Å²) in [6.07, 6.45) is -3.02. The summed E-state index contributed by atoms with van der Waals surface area (Å²) in [6, 6.07) is 4.84. The molecule has 0 aliphatic rings. The van der Waals surface area contributed by atoms with Crippen molar-refractivity contribution in [2.45, 2.75) is 66.1 Å². The van der Waals surface area contributed by atoms with Crippen molar-refractivity contribution in [3.8, 4) is 22.8 Å². The van der Waals surface area contributed by atoms with Crippen LogP contribution < -0.4 is 0 Å². The van der Waals surface area contributed by atoms with E-state index in [1.165, 1.54) is 55.6 Å². The van der Waals surface area contributed by atoms with Crippen LogP contribution in [0.25, 0.3) is 29.0 Å². The molecule has 19 heteroatoms. The van der Waals surface area contributed by atoms with Crippen molar-refractivity contribution in [2.24, 2.45) is 0 Å². The average molecular weight is 875 g/mol. The van der Waals surface area contributed by atoms with Gasteiger partial charge < -0.3 is 9.47 Å². The summed E-state index contributed by atoms with van der Waals surface area (Å²) in [4.78, 5) is 29.7. The molecule has 0 unspecified atom stereocenters. The van der Waals surface area contributed by atoms with Crippen LogP contribution in [0.4, 0.5) is 26.3 Å². The van der Waals surface area contributed by atoms with Crippen LogP contribution in [0.5, 0.6) is 0 Å². The predicted octanol–water partition coefficient (Wildman–Crippen LogP) is 9.69. The van der Waals surface area contributed by atoms with Crippen molar-refractivity contribution in [2.75, 3.05) is 0 Å². The maximum Gasteiger partial charge on any atom is 0.417 e. The second kappa shape index (κ2) is 19.0. The van der Waals surface area contributed by atoms with E-state index >= 15 is 0 Å². The fourth-order valence-electron chi connectivity index (χ4n) is 3.77. The van der Waals surface area contributed by atoms with Gasteiger partial charge in [-0.3, -0.25) is 5.10 Å². The van der Waals surface area contributed by atoms with E-state index in [0.717, 1.165) is 18.2 Å². The molecule has 4 rings (SSSR count). The van der Waals surface area contributed by atoms with Crippen LogP contribution in [0.1, 0.15) is 49.9 Å². The third-order valence-corrected chi connectivity index (χ3v) is 7.20. The molecule has 51 heavy (non-hydrogen) atoms. The number of nitrogens with zero attached hydrogens (tertiary/aromatic N) is 5. The van der Waals surface area contributed by atoms with E-state index in [4.69, 9.17) is 32.7 Å². The molecule has 0 saturated carbocycles. The minimum Gasteiger partial charge on any atom is -0.460 e. The Morgan fingerprint density at radius 3 is 1.76 bits per heavy atom. The van der Waals surface area contributed by atoms with Crippen LogP contribution >= 0.6 is 45.8 Å². The minimum atomic E-state index is -4.58. The number of rotatable bonds is 7. The molecule has 10 nitrogen and oxygen atoms in total. The predicted molar refractivity (Wildman–Crippen MR) is 188 cm³/mol. The van der Waals surface area contributed by atoms with Crippen molar-refractivity contribution in [3.63, 3.8) is 0 Å². The molecule has 2 aromatic carbocycles. The SMILES string of the molecule is CC(C)OC(=O)/C=C\I.Cc1cc(-c2ncn(/C=C\C(=O)OC(C)C)n2)cc(C(F)(F)F)c1Cl.Cc1cc(-c2ncn[nH]2)cc(C(F)(F)F)c1Cl. The molecule has 0 saturated heterocycles. The molecule has 0 bridgehead atoms. The number of ether oxygens (including phenoxy) is 2. The number of carbonyl (C=O) groups is 2. The Morgan fingerprint density at radius 2 is 1.31 bits per heavy atom. The Labute approximate surface area is 312 Å². The van der Waals surface area contributed by atoms with Crippen molar-refractivity contribution in [1.82, 2.24) is 29.9 Å². The van der Waals surface area contributed by atoms with Gasteiger partial charge in [-0.2, -0.15) is 31.4 Å². The number of hydrogen-bond donors (Lipinski definition) is 1. The van der Waals surface area contributed by atoms with Crippen LogP contribution in [-0.4, -0.2) is 54.1 Å². The van der Waals surface area contributed by atoms with Gasteiger partial charge >= 0.3 is 24.3 Å². The Bertz CT molecular complexity index is 1840. The van der Waals surface area contributed by atoms with Crippen molar-refractivity contribution in [3.05, 3.63) is 85.5 Å². The van der Waals surface area contributed by atoms with Gasteiger partial charge in [0.25, 0.3) is 0 Å². The van der Waals surface area contributed by atoms with E-state index < -0.39 is 29.4 Å². The molecule has 0 aliphatic carbocycles. The first kappa shape index (κ1) is 43.2. The van der Waals surface area contributed by atoms with Crippen LogP contribution in [0.15, 0.2) is 53.2 Å². The normalized spacial score (nSPS) is 11.8. The van der Waals surface area contributed by atoms with Gasteiger partial charge in [-0.15, -0.1) is 5.10 Å². The fourth-order valence-corrected chi connectivity index (χ4v) is 4.50. The van der Waals surface area contributed by atoms with E-state index in [-0.39, 0.29) is 51.0 Å². The highest BCUT2D eigenvalue weighted by Gasteiger charge is 2.35. The third kappa shape index (κ3) is 13.9. The molecule has 0 amide bonds.